The Bertz CT molecular complexity index is 1460. The molecule has 0 bridgehead atoms. The summed E-state index contributed by atoms with van der Waals surface area (Å²) in [6.07, 6.45) is 0. The lowest BCUT2D eigenvalue weighted by Crippen LogP contribution is -2.52. The SMILES string of the molecule is COc1ccc(C)cc1N(CC(=O)N(Cc1cccc(Br)c1)[C@H](C)C(=O)NC(C)C)S(=O)(=O)c1ccc(C)cc1. The first kappa shape index (κ1) is 31.2. The van der Waals surface area contributed by atoms with Gasteiger partial charge in [-0.25, -0.2) is 8.42 Å². The lowest BCUT2D eigenvalue weighted by molar-refractivity contribution is -0.139. The van der Waals surface area contributed by atoms with Crippen molar-refractivity contribution < 1.29 is 22.7 Å². The second-order valence-electron chi connectivity index (χ2n) is 9.99. The zero-order valence-corrected chi connectivity index (χ0v) is 26.0. The predicted molar refractivity (Wildman–Crippen MR) is 161 cm³/mol. The van der Waals surface area contributed by atoms with Gasteiger partial charge in [0.05, 0.1) is 17.7 Å². The fourth-order valence-electron chi connectivity index (χ4n) is 4.17. The Balaban J connectivity index is 2.11. The molecule has 0 aliphatic heterocycles. The van der Waals surface area contributed by atoms with E-state index in [1.807, 2.05) is 52.0 Å². The van der Waals surface area contributed by atoms with Gasteiger partial charge in [0.25, 0.3) is 10.0 Å². The molecule has 3 aromatic carbocycles. The van der Waals surface area contributed by atoms with Crippen molar-refractivity contribution in [2.45, 2.75) is 58.1 Å². The summed E-state index contributed by atoms with van der Waals surface area (Å²) in [6, 6.07) is 18.0. The summed E-state index contributed by atoms with van der Waals surface area (Å²) in [7, 11) is -2.75. The molecule has 3 aromatic rings. The van der Waals surface area contributed by atoms with Crippen LogP contribution in [0.25, 0.3) is 0 Å². The molecule has 0 saturated heterocycles. The highest BCUT2D eigenvalue weighted by molar-refractivity contribution is 9.10. The number of halogens is 1. The van der Waals surface area contributed by atoms with Crippen molar-refractivity contribution >= 4 is 43.5 Å². The third-order valence-corrected chi connectivity index (χ3v) is 8.60. The van der Waals surface area contributed by atoms with Crippen LogP contribution in [0.1, 0.15) is 37.5 Å². The van der Waals surface area contributed by atoms with Crippen LogP contribution in [-0.4, -0.2) is 50.9 Å². The molecule has 0 aliphatic carbocycles. The fraction of sp³-hybridized carbons (Fsp3) is 0.333. The van der Waals surface area contributed by atoms with Crippen molar-refractivity contribution in [2.75, 3.05) is 18.0 Å². The smallest absolute Gasteiger partial charge is 0.264 e. The van der Waals surface area contributed by atoms with Gasteiger partial charge < -0.3 is 15.0 Å². The molecule has 3 rings (SSSR count). The molecular formula is C30H36BrN3O5S. The summed E-state index contributed by atoms with van der Waals surface area (Å²) < 4.78 is 35.5. The second-order valence-corrected chi connectivity index (χ2v) is 12.8. The van der Waals surface area contributed by atoms with Gasteiger partial charge in [-0.05, 0) is 82.1 Å². The average molecular weight is 631 g/mol. The molecular weight excluding hydrogens is 594 g/mol. The van der Waals surface area contributed by atoms with Crippen molar-refractivity contribution in [1.82, 2.24) is 10.2 Å². The van der Waals surface area contributed by atoms with Gasteiger partial charge in [0.2, 0.25) is 11.8 Å². The lowest BCUT2D eigenvalue weighted by Gasteiger charge is -2.32. The summed E-state index contributed by atoms with van der Waals surface area (Å²) in [5.41, 5.74) is 2.72. The lowest BCUT2D eigenvalue weighted by atomic mass is 10.1. The number of aryl methyl sites for hydroxylation is 2. The first-order valence-electron chi connectivity index (χ1n) is 12.9. The quantitative estimate of drug-likeness (QED) is 0.314. The van der Waals surface area contributed by atoms with Crippen LogP contribution in [0.2, 0.25) is 0 Å². The second kappa shape index (κ2) is 13.3. The maximum absolute atomic E-state index is 14.1. The van der Waals surface area contributed by atoms with E-state index in [1.54, 1.807) is 37.3 Å². The number of carbonyl (C=O) groups excluding carboxylic acids is 2. The molecule has 0 saturated carbocycles. The number of hydrogen-bond donors (Lipinski definition) is 1. The Labute approximate surface area is 245 Å². The Kier molecular flexibility index (Phi) is 10.4. The summed E-state index contributed by atoms with van der Waals surface area (Å²) in [6.45, 7) is 8.58. The van der Waals surface area contributed by atoms with Gasteiger partial charge in [-0.2, -0.15) is 0 Å². The number of sulfonamides is 1. The molecule has 214 valence electrons. The van der Waals surface area contributed by atoms with Crippen molar-refractivity contribution in [3.8, 4) is 5.75 Å². The van der Waals surface area contributed by atoms with Crippen molar-refractivity contribution in [3.63, 3.8) is 0 Å². The number of carbonyl (C=O) groups is 2. The van der Waals surface area contributed by atoms with Crippen LogP contribution in [0, 0.1) is 13.8 Å². The maximum Gasteiger partial charge on any atom is 0.264 e. The number of benzene rings is 3. The number of nitrogens with zero attached hydrogens (tertiary/aromatic N) is 2. The highest BCUT2D eigenvalue weighted by Gasteiger charge is 2.34. The summed E-state index contributed by atoms with van der Waals surface area (Å²) in [5.74, 6) is -0.566. The normalized spacial score (nSPS) is 12.1. The number of hydrogen-bond acceptors (Lipinski definition) is 5. The summed E-state index contributed by atoms with van der Waals surface area (Å²) in [5, 5.41) is 2.85. The van der Waals surface area contributed by atoms with Gasteiger partial charge >= 0.3 is 0 Å². The van der Waals surface area contributed by atoms with Crippen LogP contribution in [0.3, 0.4) is 0 Å². The minimum Gasteiger partial charge on any atom is -0.495 e. The van der Waals surface area contributed by atoms with Crippen molar-refractivity contribution in [3.05, 3.63) is 87.9 Å². The predicted octanol–water partition coefficient (Wildman–Crippen LogP) is 5.21. The zero-order chi connectivity index (χ0) is 29.6. The number of rotatable bonds is 11. The number of ether oxygens (including phenoxy) is 1. The number of anilines is 1. The first-order chi connectivity index (χ1) is 18.8. The maximum atomic E-state index is 14.1. The molecule has 0 unspecified atom stereocenters. The van der Waals surface area contributed by atoms with E-state index in [4.69, 9.17) is 4.74 Å². The molecule has 0 heterocycles. The van der Waals surface area contributed by atoms with E-state index in [0.717, 1.165) is 25.5 Å². The molecule has 0 fully saturated rings. The molecule has 0 aliphatic rings. The van der Waals surface area contributed by atoms with E-state index in [-0.39, 0.29) is 29.1 Å². The van der Waals surface area contributed by atoms with Gasteiger partial charge in [-0.3, -0.25) is 13.9 Å². The largest absolute Gasteiger partial charge is 0.495 e. The van der Waals surface area contributed by atoms with Gasteiger partial charge in [-0.15, -0.1) is 0 Å². The first-order valence-corrected chi connectivity index (χ1v) is 15.1. The molecule has 8 nitrogen and oxygen atoms in total. The van der Waals surface area contributed by atoms with Crippen LogP contribution in [0.4, 0.5) is 5.69 Å². The molecule has 2 amide bonds. The zero-order valence-electron chi connectivity index (χ0n) is 23.6. The van der Waals surface area contributed by atoms with E-state index in [1.165, 1.54) is 24.1 Å². The minimum absolute atomic E-state index is 0.0404. The van der Waals surface area contributed by atoms with Gasteiger partial charge in [-0.1, -0.05) is 51.8 Å². The molecule has 1 atom stereocenters. The molecule has 10 heteroatoms. The Morgan fingerprint density at radius 2 is 1.60 bits per heavy atom. The van der Waals surface area contributed by atoms with Crippen LogP contribution in [-0.2, 0) is 26.2 Å². The van der Waals surface area contributed by atoms with Gasteiger partial charge in [0.1, 0.15) is 18.3 Å². The number of amides is 2. The molecule has 0 radical (unpaired) electrons. The van der Waals surface area contributed by atoms with E-state index in [0.29, 0.717) is 5.75 Å². The molecule has 0 aromatic heterocycles. The van der Waals surface area contributed by atoms with E-state index >= 15 is 0 Å². The Hall–Kier alpha value is -3.37. The van der Waals surface area contributed by atoms with Gasteiger partial charge in [0.15, 0.2) is 0 Å². The van der Waals surface area contributed by atoms with Crippen LogP contribution < -0.4 is 14.4 Å². The number of nitrogens with one attached hydrogen (secondary N) is 1. The van der Waals surface area contributed by atoms with Crippen LogP contribution >= 0.6 is 15.9 Å². The highest BCUT2D eigenvalue weighted by atomic mass is 79.9. The third-order valence-electron chi connectivity index (χ3n) is 6.33. The van der Waals surface area contributed by atoms with Crippen LogP contribution in [0.5, 0.6) is 5.75 Å². The molecule has 0 spiro atoms. The Morgan fingerprint density at radius 1 is 0.950 bits per heavy atom. The number of methoxy groups -OCH3 is 1. The third kappa shape index (κ3) is 7.63. The monoisotopic (exact) mass is 629 g/mol. The topological polar surface area (TPSA) is 96.0 Å². The average Bonchev–Trinajstić information content (AvgIpc) is 2.89. The molecule has 40 heavy (non-hydrogen) atoms. The Morgan fingerprint density at radius 3 is 2.20 bits per heavy atom. The molecule has 1 N–H and O–H groups in total. The van der Waals surface area contributed by atoms with E-state index in [9.17, 15) is 18.0 Å². The van der Waals surface area contributed by atoms with Crippen molar-refractivity contribution in [1.29, 1.82) is 0 Å². The standard InChI is InChI=1S/C30H36BrN3O5S/c1-20(2)32-30(36)23(5)33(18-24-8-7-9-25(31)17-24)29(35)19-34(27-16-22(4)12-15-28(27)39-6)40(37,38)26-13-10-21(3)11-14-26/h7-17,20,23H,18-19H2,1-6H3,(H,32,36)/t23-/m1/s1. The summed E-state index contributed by atoms with van der Waals surface area (Å²) in [4.78, 5) is 28.5. The van der Waals surface area contributed by atoms with Crippen LogP contribution in [0.15, 0.2) is 76.1 Å². The van der Waals surface area contributed by atoms with Crippen molar-refractivity contribution in [2.24, 2.45) is 0 Å². The summed E-state index contributed by atoms with van der Waals surface area (Å²) >= 11 is 3.45. The fourth-order valence-corrected chi connectivity index (χ4v) is 6.03. The van der Waals surface area contributed by atoms with Gasteiger partial charge in [0, 0.05) is 17.1 Å². The minimum atomic E-state index is -4.20. The van der Waals surface area contributed by atoms with E-state index < -0.39 is 28.5 Å². The highest BCUT2D eigenvalue weighted by Crippen LogP contribution is 2.34. The van der Waals surface area contributed by atoms with E-state index in [2.05, 4.69) is 21.2 Å².